The van der Waals surface area contributed by atoms with Crippen molar-refractivity contribution in [1.82, 2.24) is 0 Å². The van der Waals surface area contributed by atoms with Gasteiger partial charge in [0.15, 0.2) is 0 Å². The zero-order valence-electron chi connectivity index (χ0n) is 6.94. The number of para-hydroxylation sites is 1. The van der Waals surface area contributed by atoms with E-state index >= 15 is 0 Å². The van der Waals surface area contributed by atoms with Crippen molar-refractivity contribution in [2.45, 2.75) is 0 Å². The van der Waals surface area contributed by atoms with Crippen LogP contribution in [-0.4, -0.2) is 29.9 Å². The fourth-order valence-corrected chi connectivity index (χ4v) is 1.44. The van der Waals surface area contributed by atoms with E-state index in [2.05, 4.69) is 0 Å². The second kappa shape index (κ2) is 2.52. The summed E-state index contributed by atoms with van der Waals surface area (Å²) in [5.74, 6) is 0. The van der Waals surface area contributed by atoms with Gasteiger partial charge in [0.25, 0.3) is 6.67 Å². The minimum Gasteiger partial charge on any atom is -0.316 e. The van der Waals surface area contributed by atoms with Gasteiger partial charge in [-0.05, 0) is 16.9 Å². The molecule has 0 spiro atoms. The van der Waals surface area contributed by atoms with Crippen molar-refractivity contribution in [2.24, 2.45) is 0 Å². The van der Waals surface area contributed by atoms with Crippen LogP contribution >= 0.6 is 0 Å². The van der Waals surface area contributed by atoms with Crippen LogP contribution in [0.25, 0.3) is 0 Å². The molecule has 1 aliphatic rings. The number of hydroxylamine groups is 1. The molecule has 12 heavy (non-hydrogen) atoms. The molecule has 1 aromatic rings. The maximum absolute atomic E-state index is 9.26. The van der Waals surface area contributed by atoms with E-state index in [-0.39, 0.29) is 0 Å². The Balaban J connectivity index is 2.55. The van der Waals surface area contributed by atoms with Gasteiger partial charge in [-0.25, -0.2) is 0 Å². The first-order valence-corrected chi connectivity index (χ1v) is 3.88. The van der Waals surface area contributed by atoms with Gasteiger partial charge in [0.05, 0.1) is 11.3 Å². The third-order valence-corrected chi connectivity index (χ3v) is 1.99. The fraction of sp³-hybridized carbons (Fsp3) is 0.222. The first-order valence-electron chi connectivity index (χ1n) is 3.88. The molecule has 0 bridgehead atoms. The van der Waals surface area contributed by atoms with Crippen LogP contribution in [-0.2, 0) is 0 Å². The maximum atomic E-state index is 9.26. The summed E-state index contributed by atoms with van der Waals surface area (Å²) in [7, 11) is 1.95. The molecule has 0 unspecified atom stereocenters. The van der Waals surface area contributed by atoms with E-state index in [0.717, 1.165) is 11.3 Å². The van der Waals surface area contributed by atoms with Crippen LogP contribution < -0.4 is 4.90 Å². The Morgan fingerprint density at radius 3 is 3.00 bits per heavy atom. The molecular weight excluding hydrogens is 152 g/mol. The van der Waals surface area contributed by atoms with Crippen molar-refractivity contribution in [2.75, 3.05) is 18.6 Å². The molecular formula is C9H11N2O+. The predicted molar refractivity (Wildman–Crippen MR) is 46.9 cm³/mol. The van der Waals surface area contributed by atoms with Gasteiger partial charge in [-0.15, -0.1) is 0 Å². The SMILES string of the molecule is CN1C[N+](O)=Cc2ccccc21. The van der Waals surface area contributed by atoms with E-state index < -0.39 is 0 Å². The van der Waals surface area contributed by atoms with Gasteiger partial charge < -0.3 is 4.90 Å². The number of nitrogens with zero attached hydrogens (tertiary/aromatic N) is 2. The molecule has 1 N–H and O–H groups in total. The van der Waals surface area contributed by atoms with Crippen molar-refractivity contribution in [3.8, 4) is 0 Å². The average molecular weight is 163 g/mol. The molecule has 0 saturated carbocycles. The van der Waals surface area contributed by atoms with Gasteiger partial charge in [0, 0.05) is 7.05 Å². The number of rotatable bonds is 0. The van der Waals surface area contributed by atoms with Crippen LogP contribution in [0.5, 0.6) is 0 Å². The van der Waals surface area contributed by atoms with Crippen LogP contribution in [0.4, 0.5) is 5.69 Å². The summed E-state index contributed by atoms with van der Waals surface area (Å²) in [6.07, 6.45) is 1.73. The normalized spacial score (nSPS) is 15.4. The third kappa shape index (κ3) is 1.03. The lowest BCUT2D eigenvalue weighted by atomic mass is 10.1. The average Bonchev–Trinajstić information content (AvgIpc) is 2.04. The van der Waals surface area contributed by atoms with Crippen LogP contribution in [0.15, 0.2) is 24.3 Å². The highest BCUT2D eigenvalue weighted by molar-refractivity contribution is 5.85. The molecule has 0 fully saturated rings. The quantitative estimate of drug-likeness (QED) is 0.454. The molecule has 1 heterocycles. The van der Waals surface area contributed by atoms with Crippen LogP contribution in [0, 0.1) is 0 Å². The molecule has 3 heteroatoms. The molecule has 62 valence electrons. The standard InChI is InChI=1S/C9H11N2O/c1-10-7-11(12)6-8-4-2-3-5-9(8)10/h2-6,12H,7H2,1H3/q+1. The lowest BCUT2D eigenvalue weighted by molar-refractivity contribution is -0.770. The third-order valence-electron chi connectivity index (χ3n) is 1.99. The Hall–Kier alpha value is -1.51. The molecule has 0 amide bonds. The fourth-order valence-electron chi connectivity index (χ4n) is 1.44. The summed E-state index contributed by atoms with van der Waals surface area (Å²) in [6, 6.07) is 7.98. The highest BCUT2D eigenvalue weighted by Gasteiger charge is 2.18. The molecule has 0 atom stereocenters. The number of hydrogen-bond acceptors (Lipinski definition) is 2. The van der Waals surface area contributed by atoms with Gasteiger partial charge in [0.2, 0.25) is 6.21 Å². The van der Waals surface area contributed by atoms with Gasteiger partial charge in [-0.1, -0.05) is 12.1 Å². The predicted octanol–water partition coefficient (Wildman–Crippen LogP) is 0.914. The minimum atomic E-state index is 0.525. The van der Waals surface area contributed by atoms with Crippen molar-refractivity contribution >= 4 is 11.9 Å². The molecule has 1 aromatic carbocycles. The van der Waals surface area contributed by atoms with Gasteiger partial charge >= 0.3 is 0 Å². The zero-order valence-corrected chi connectivity index (χ0v) is 6.94. The summed E-state index contributed by atoms with van der Waals surface area (Å²) in [6.45, 7) is 0.525. The topological polar surface area (TPSA) is 26.5 Å². The van der Waals surface area contributed by atoms with E-state index in [1.807, 2.05) is 36.2 Å². The second-order valence-electron chi connectivity index (χ2n) is 2.97. The lowest BCUT2D eigenvalue weighted by Gasteiger charge is -2.19. The Morgan fingerprint density at radius 1 is 1.42 bits per heavy atom. The van der Waals surface area contributed by atoms with E-state index in [9.17, 15) is 5.21 Å². The monoisotopic (exact) mass is 163 g/mol. The van der Waals surface area contributed by atoms with E-state index in [4.69, 9.17) is 0 Å². The molecule has 3 nitrogen and oxygen atoms in total. The first kappa shape index (κ1) is 7.16. The van der Waals surface area contributed by atoms with Crippen molar-refractivity contribution < 1.29 is 9.95 Å². The summed E-state index contributed by atoms with van der Waals surface area (Å²) in [5.41, 5.74) is 2.21. The van der Waals surface area contributed by atoms with E-state index in [1.165, 1.54) is 4.74 Å². The summed E-state index contributed by atoms with van der Waals surface area (Å²) < 4.78 is 1.18. The van der Waals surface area contributed by atoms with Crippen molar-refractivity contribution in [3.05, 3.63) is 29.8 Å². The molecule has 2 rings (SSSR count). The molecule has 0 saturated heterocycles. The highest BCUT2D eigenvalue weighted by atomic mass is 16.5. The van der Waals surface area contributed by atoms with Crippen molar-refractivity contribution in [3.63, 3.8) is 0 Å². The summed E-state index contributed by atoms with van der Waals surface area (Å²) in [4.78, 5) is 2.00. The van der Waals surface area contributed by atoms with E-state index in [0.29, 0.717) is 6.67 Å². The Kier molecular flexibility index (Phi) is 1.50. The first-order chi connectivity index (χ1) is 5.77. The number of anilines is 1. The van der Waals surface area contributed by atoms with Crippen molar-refractivity contribution in [1.29, 1.82) is 0 Å². The molecule has 0 radical (unpaired) electrons. The Labute approximate surface area is 71.1 Å². The van der Waals surface area contributed by atoms with Gasteiger partial charge in [-0.3, -0.25) is 5.21 Å². The van der Waals surface area contributed by atoms with Crippen LogP contribution in [0.2, 0.25) is 0 Å². The number of hydrogen-bond donors (Lipinski definition) is 1. The van der Waals surface area contributed by atoms with E-state index in [1.54, 1.807) is 6.21 Å². The van der Waals surface area contributed by atoms with Gasteiger partial charge in [0.1, 0.15) is 0 Å². The van der Waals surface area contributed by atoms with Gasteiger partial charge in [-0.2, -0.15) is 0 Å². The molecule has 0 aliphatic carbocycles. The maximum Gasteiger partial charge on any atom is 0.267 e. The molecule has 0 aromatic heterocycles. The summed E-state index contributed by atoms with van der Waals surface area (Å²) in [5, 5.41) is 9.26. The highest BCUT2D eigenvalue weighted by Crippen LogP contribution is 2.19. The number of benzene rings is 1. The van der Waals surface area contributed by atoms with Crippen LogP contribution in [0.3, 0.4) is 0 Å². The zero-order chi connectivity index (χ0) is 8.55. The second-order valence-corrected chi connectivity index (χ2v) is 2.97. The smallest absolute Gasteiger partial charge is 0.267 e. The Bertz CT molecular complexity index is 333. The minimum absolute atomic E-state index is 0.525. The molecule has 1 aliphatic heterocycles. The largest absolute Gasteiger partial charge is 0.316 e. The Morgan fingerprint density at radius 2 is 2.17 bits per heavy atom. The summed E-state index contributed by atoms with van der Waals surface area (Å²) >= 11 is 0. The van der Waals surface area contributed by atoms with Crippen LogP contribution in [0.1, 0.15) is 5.56 Å². The number of fused-ring (bicyclic) bond motifs is 1. The lowest BCUT2D eigenvalue weighted by Crippen LogP contribution is -2.32.